The SMILES string of the molecule is O=C(Nc1ccc(F)cc1)C1=C(O)c2ccccc2CS1(=O)=O. The zero-order valence-corrected chi connectivity index (χ0v) is 12.6. The first-order valence-electron chi connectivity index (χ1n) is 6.70. The Hall–Kier alpha value is -2.67. The van der Waals surface area contributed by atoms with E-state index in [9.17, 15) is 22.7 Å². The zero-order chi connectivity index (χ0) is 16.6. The lowest BCUT2D eigenvalue weighted by atomic mass is 10.1. The predicted molar refractivity (Wildman–Crippen MR) is 83.6 cm³/mol. The van der Waals surface area contributed by atoms with E-state index in [0.717, 1.165) is 12.1 Å². The largest absolute Gasteiger partial charge is 0.506 e. The van der Waals surface area contributed by atoms with Gasteiger partial charge in [-0.15, -0.1) is 0 Å². The minimum absolute atomic E-state index is 0.228. The van der Waals surface area contributed by atoms with Crippen LogP contribution in [0, 0.1) is 5.82 Å². The minimum Gasteiger partial charge on any atom is -0.506 e. The maximum atomic E-state index is 12.9. The van der Waals surface area contributed by atoms with Gasteiger partial charge in [-0.3, -0.25) is 4.79 Å². The Morgan fingerprint density at radius 2 is 1.74 bits per heavy atom. The van der Waals surface area contributed by atoms with Crippen molar-refractivity contribution in [1.82, 2.24) is 0 Å². The van der Waals surface area contributed by atoms with Gasteiger partial charge in [-0.1, -0.05) is 24.3 Å². The first-order valence-corrected chi connectivity index (χ1v) is 8.35. The second-order valence-electron chi connectivity index (χ2n) is 5.05. The van der Waals surface area contributed by atoms with Crippen LogP contribution in [0.2, 0.25) is 0 Å². The molecule has 2 N–H and O–H groups in total. The number of sulfone groups is 1. The molecule has 0 spiro atoms. The Labute approximate surface area is 132 Å². The highest BCUT2D eigenvalue weighted by Gasteiger charge is 2.35. The summed E-state index contributed by atoms with van der Waals surface area (Å²) in [5, 5.41) is 12.6. The van der Waals surface area contributed by atoms with Gasteiger partial charge >= 0.3 is 0 Å². The molecule has 0 saturated heterocycles. The number of hydrogen-bond acceptors (Lipinski definition) is 4. The molecule has 118 valence electrons. The standard InChI is InChI=1S/C16H12FNO4S/c17-11-5-7-12(8-6-11)18-16(20)15-14(19)13-4-2-1-3-10(13)9-23(15,21)22/h1-8,19H,9H2,(H,18,20). The van der Waals surface area contributed by atoms with E-state index < -0.39 is 32.2 Å². The number of carbonyl (C=O) groups is 1. The third kappa shape index (κ3) is 2.83. The molecule has 5 nitrogen and oxygen atoms in total. The molecular formula is C16H12FNO4S. The number of anilines is 1. The number of nitrogens with one attached hydrogen (secondary N) is 1. The summed E-state index contributed by atoms with van der Waals surface area (Å²) in [4.78, 5) is 11.6. The molecule has 1 heterocycles. The molecule has 23 heavy (non-hydrogen) atoms. The van der Waals surface area contributed by atoms with Gasteiger partial charge in [-0.25, -0.2) is 12.8 Å². The van der Waals surface area contributed by atoms with Crippen molar-refractivity contribution in [3.63, 3.8) is 0 Å². The van der Waals surface area contributed by atoms with E-state index in [-0.39, 0.29) is 11.4 Å². The highest BCUT2D eigenvalue weighted by Crippen LogP contribution is 2.32. The van der Waals surface area contributed by atoms with E-state index in [0.29, 0.717) is 11.1 Å². The van der Waals surface area contributed by atoms with Crippen LogP contribution in [-0.4, -0.2) is 19.4 Å². The van der Waals surface area contributed by atoms with Crippen LogP contribution < -0.4 is 5.32 Å². The monoisotopic (exact) mass is 333 g/mol. The Bertz CT molecular complexity index is 917. The van der Waals surface area contributed by atoms with Crippen LogP contribution in [0.15, 0.2) is 53.4 Å². The van der Waals surface area contributed by atoms with Gasteiger partial charge in [0, 0.05) is 11.3 Å². The Kier molecular flexibility index (Phi) is 3.65. The molecule has 2 aromatic rings. The minimum atomic E-state index is -3.97. The smallest absolute Gasteiger partial charge is 0.271 e. The molecule has 0 aliphatic carbocycles. The van der Waals surface area contributed by atoms with Gasteiger partial charge in [0.15, 0.2) is 14.7 Å². The number of aliphatic hydroxyl groups excluding tert-OH is 1. The van der Waals surface area contributed by atoms with Crippen molar-refractivity contribution in [2.24, 2.45) is 0 Å². The molecule has 0 bridgehead atoms. The number of hydrogen-bond donors (Lipinski definition) is 2. The molecule has 0 aromatic heterocycles. The van der Waals surface area contributed by atoms with Crippen LogP contribution in [-0.2, 0) is 20.4 Å². The molecule has 1 aliphatic heterocycles. The van der Waals surface area contributed by atoms with Crippen LogP contribution in [0.4, 0.5) is 10.1 Å². The Morgan fingerprint density at radius 3 is 2.43 bits per heavy atom. The van der Waals surface area contributed by atoms with E-state index in [1.54, 1.807) is 24.3 Å². The van der Waals surface area contributed by atoms with Crippen LogP contribution in [0.3, 0.4) is 0 Å². The quantitative estimate of drug-likeness (QED) is 0.885. The lowest BCUT2D eigenvalue weighted by Gasteiger charge is -2.19. The molecule has 1 amide bonds. The van der Waals surface area contributed by atoms with E-state index in [1.807, 2.05) is 0 Å². The van der Waals surface area contributed by atoms with Gasteiger partial charge < -0.3 is 10.4 Å². The van der Waals surface area contributed by atoms with Gasteiger partial charge in [0.05, 0.1) is 5.75 Å². The molecule has 2 aromatic carbocycles. The van der Waals surface area contributed by atoms with Crippen LogP contribution in [0.25, 0.3) is 5.76 Å². The highest BCUT2D eigenvalue weighted by molar-refractivity contribution is 7.95. The van der Waals surface area contributed by atoms with Crippen molar-refractivity contribution in [2.45, 2.75) is 5.75 Å². The van der Waals surface area contributed by atoms with E-state index in [2.05, 4.69) is 5.32 Å². The van der Waals surface area contributed by atoms with Crippen LogP contribution in [0.1, 0.15) is 11.1 Å². The van der Waals surface area contributed by atoms with E-state index in [4.69, 9.17) is 0 Å². The molecule has 0 saturated carbocycles. The van der Waals surface area contributed by atoms with Gasteiger partial charge in [0.1, 0.15) is 11.6 Å². The first kappa shape index (κ1) is 15.2. The normalized spacial score (nSPS) is 15.9. The summed E-state index contributed by atoms with van der Waals surface area (Å²) in [6, 6.07) is 11.3. The van der Waals surface area contributed by atoms with E-state index >= 15 is 0 Å². The summed E-state index contributed by atoms with van der Waals surface area (Å²) >= 11 is 0. The number of benzene rings is 2. The second-order valence-corrected chi connectivity index (χ2v) is 6.98. The lowest BCUT2D eigenvalue weighted by Crippen LogP contribution is -2.26. The predicted octanol–water partition coefficient (Wildman–Crippen LogP) is 2.62. The van der Waals surface area contributed by atoms with Crippen molar-refractivity contribution in [3.8, 4) is 0 Å². The number of rotatable bonds is 2. The summed E-state index contributed by atoms with van der Waals surface area (Å²) in [6.45, 7) is 0. The average Bonchev–Trinajstić information content (AvgIpc) is 2.48. The first-order chi connectivity index (χ1) is 10.9. The summed E-state index contributed by atoms with van der Waals surface area (Å²) in [7, 11) is -3.97. The fourth-order valence-electron chi connectivity index (χ4n) is 2.39. The summed E-state index contributed by atoms with van der Waals surface area (Å²) in [5.74, 6) is -2.38. The zero-order valence-electron chi connectivity index (χ0n) is 11.8. The molecule has 3 rings (SSSR count). The summed E-state index contributed by atoms with van der Waals surface area (Å²) in [6.07, 6.45) is 0. The van der Waals surface area contributed by atoms with Crippen LogP contribution >= 0.6 is 0 Å². The Morgan fingerprint density at radius 1 is 1.09 bits per heavy atom. The average molecular weight is 333 g/mol. The molecule has 1 aliphatic rings. The van der Waals surface area contributed by atoms with Gasteiger partial charge in [0.25, 0.3) is 5.91 Å². The van der Waals surface area contributed by atoms with Crippen molar-refractivity contribution < 1.29 is 22.7 Å². The molecule has 0 atom stereocenters. The maximum Gasteiger partial charge on any atom is 0.271 e. The molecule has 0 fully saturated rings. The van der Waals surface area contributed by atoms with Gasteiger partial charge in [-0.05, 0) is 29.8 Å². The number of halogens is 1. The topological polar surface area (TPSA) is 83.5 Å². The fraction of sp³-hybridized carbons (Fsp3) is 0.0625. The van der Waals surface area contributed by atoms with Gasteiger partial charge in [-0.2, -0.15) is 0 Å². The summed E-state index contributed by atoms with van der Waals surface area (Å²) in [5.41, 5.74) is 0.973. The number of amides is 1. The highest BCUT2D eigenvalue weighted by atomic mass is 32.2. The number of carbonyl (C=O) groups excluding carboxylic acids is 1. The number of fused-ring (bicyclic) bond motifs is 1. The Balaban J connectivity index is 2.02. The number of aliphatic hydroxyl groups is 1. The second kappa shape index (κ2) is 5.51. The van der Waals surface area contributed by atoms with Gasteiger partial charge in [0.2, 0.25) is 0 Å². The lowest BCUT2D eigenvalue weighted by molar-refractivity contribution is -0.112. The maximum absolute atomic E-state index is 12.9. The van der Waals surface area contributed by atoms with Crippen molar-refractivity contribution in [3.05, 3.63) is 70.4 Å². The molecule has 0 unspecified atom stereocenters. The summed E-state index contributed by atoms with van der Waals surface area (Å²) < 4.78 is 37.5. The van der Waals surface area contributed by atoms with Crippen LogP contribution in [0.5, 0.6) is 0 Å². The van der Waals surface area contributed by atoms with Crippen molar-refractivity contribution in [1.29, 1.82) is 0 Å². The molecule has 7 heteroatoms. The van der Waals surface area contributed by atoms with Crippen molar-refractivity contribution >= 4 is 27.2 Å². The third-order valence-electron chi connectivity index (χ3n) is 3.45. The fourth-order valence-corrected chi connectivity index (χ4v) is 3.94. The third-order valence-corrected chi connectivity index (χ3v) is 5.14. The van der Waals surface area contributed by atoms with Crippen molar-refractivity contribution in [2.75, 3.05) is 5.32 Å². The molecule has 0 radical (unpaired) electrons. The van der Waals surface area contributed by atoms with E-state index in [1.165, 1.54) is 12.1 Å². The molecular weight excluding hydrogens is 321 g/mol.